The van der Waals surface area contributed by atoms with E-state index in [2.05, 4.69) is 35.9 Å². The molecule has 3 heterocycles. The number of aromatic nitrogens is 4. The Morgan fingerprint density at radius 3 is 2.32 bits per heavy atom. The van der Waals surface area contributed by atoms with E-state index in [1.165, 1.54) is 26.1 Å². The van der Waals surface area contributed by atoms with Crippen molar-refractivity contribution in [1.29, 1.82) is 0 Å². The molecule has 28 heavy (non-hydrogen) atoms. The van der Waals surface area contributed by atoms with Crippen LogP contribution < -0.4 is 5.56 Å². The predicted molar refractivity (Wildman–Crippen MR) is 106 cm³/mol. The van der Waals surface area contributed by atoms with Crippen LogP contribution in [-0.2, 0) is 29.0 Å². The third-order valence-corrected chi connectivity index (χ3v) is 6.76. The second-order valence-corrected chi connectivity index (χ2v) is 10.1. The molecule has 0 amide bonds. The third-order valence-electron chi connectivity index (χ3n) is 4.91. The highest BCUT2D eigenvalue weighted by atomic mass is 32.2. The van der Waals surface area contributed by atoms with Gasteiger partial charge in [0, 0.05) is 57.4 Å². The van der Waals surface area contributed by atoms with Gasteiger partial charge in [-0.2, -0.15) is 14.5 Å². The van der Waals surface area contributed by atoms with Crippen molar-refractivity contribution in [2.75, 3.05) is 32.7 Å². The summed E-state index contributed by atoms with van der Waals surface area (Å²) in [6.45, 7) is 9.40. The minimum absolute atomic E-state index is 0.120. The summed E-state index contributed by atoms with van der Waals surface area (Å²) >= 11 is 0. The van der Waals surface area contributed by atoms with Gasteiger partial charge in [0.05, 0.1) is 18.4 Å². The minimum Gasteiger partial charge on any atom is -0.299 e. The van der Waals surface area contributed by atoms with Crippen LogP contribution in [0.3, 0.4) is 0 Å². The van der Waals surface area contributed by atoms with Crippen LogP contribution in [0.5, 0.6) is 0 Å². The molecule has 1 aliphatic rings. The molecule has 0 saturated carbocycles. The maximum atomic E-state index is 12.7. The maximum absolute atomic E-state index is 12.7. The van der Waals surface area contributed by atoms with E-state index in [4.69, 9.17) is 0 Å². The summed E-state index contributed by atoms with van der Waals surface area (Å²) in [7, 11) is -1.81. The fourth-order valence-electron chi connectivity index (χ4n) is 3.12. The van der Waals surface area contributed by atoms with Crippen molar-refractivity contribution in [1.82, 2.24) is 28.8 Å². The highest BCUT2D eigenvalue weighted by molar-refractivity contribution is 7.89. The average molecular weight is 409 g/mol. The van der Waals surface area contributed by atoms with Gasteiger partial charge in [0.25, 0.3) is 5.56 Å². The number of nitrogens with zero attached hydrogens (tertiary/aromatic N) is 6. The van der Waals surface area contributed by atoms with E-state index < -0.39 is 10.0 Å². The zero-order valence-electron chi connectivity index (χ0n) is 16.9. The molecule has 0 bridgehead atoms. The second-order valence-electron chi connectivity index (χ2n) is 8.13. The maximum Gasteiger partial charge on any atom is 0.266 e. The van der Waals surface area contributed by atoms with E-state index in [1.54, 1.807) is 19.2 Å². The van der Waals surface area contributed by atoms with Crippen LogP contribution in [0, 0.1) is 0 Å². The van der Waals surface area contributed by atoms with E-state index in [-0.39, 0.29) is 15.9 Å². The summed E-state index contributed by atoms with van der Waals surface area (Å²) < 4.78 is 29.8. The third kappa shape index (κ3) is 4.50. The molecule has 1 saturated heterocycles. The SMILES string of the molecule is Cn1cc(S(=O)(=O)N2CCN(CCn3nc(C(C)(C)C)ccc3=O)CC2)cn1. The largest absolute Gasteiger partial charge is 0.299 e. The Bertz CT molecular complexity index is 981. The van der Waals surface area contributed by atoms with Gasteiger partial charge in [-0.15, -0.1) is 0 Å². The van der Waals surface area contributed by atoms with E-state index >= 15 is 0 Å². The summed E-state index contributed by atoms with van der Waals surface area (Å²) in [6, 6.07) is 3.34. The van der Waals surface area contributed by atoms with Gasteiger partial charge in [0.15, 0.2) is 0 Å². The van der Waals surface area contributed by atoms with Gasteiger partial charge in [0.2, 0.25) is 10.0 Å². The first kappa shape index (κ1) is 20.7. The number of hydrogen-bond donors (Lipinski definition) is 0. The van der Waals surface area contributed by atoms with Crippen molar-refractivity contribution in [2.24, 2.45) is 7.05 Å². The summed E-state index contributed by atoms with van der Waals surface area (Å²) in [5.74, 6) is 0. The summed E-state index contributed by atoms with van der Waals surface area (Å²) in [4.78, 5) is 14.5. The Hall–Kier alpha value is -2.04. The van der Waals surface area contributed by atoms with Crippen molar-refractivity contribution in [2.45, 2.75) is 37.6 Å². The number of aryl methyl sites for hydroxylation is 1. The zero-order valence-corrected chi connectivity index (χ0v) is 17.7. The Morgan fingerprint density at radius 2 is 1.75 bits per heavy atom. The van der Waals surface area contributed by atoms with Crippen LogP contribution in [0.2, 0.25) is 0 Å². The molecule has 1 aliphatic heterocycles. The number of hydrogen-bond acceptors (Lipinski definition) is 6. The van der Waals surface area contributed by atoms with Gasteiger partial charge in [-0.3, -0.25) is 14.4 Å². The Morgan fingerprint density at radius 1 is 1.07 bits per heavy atom. The standard InChI is InChI=1S/C18H28N6O3S/c1-18(2,3)16-5-6-17(25)24(20-16)12-9-22-7-10-23(11-8-22)28(26,27)15-13-19-21(4)14-15/h5-6,13-14H,7-12H2,1-4H3. The first-order valence-corrected chi connectivity index (χ1v) is 10.8. The lowest BCUT2D eigenvalue weighted by atomic mass is 9.92. The van der Waals surface area contributed by atoms with Gasteiger partial charge in [0.1, 0.15) is 4.90 Å². The van der Waals surface area contributed by atoms with Crippen LogP contribution in [0.15, 0.2) is 34.2 Å². The zero-order chi connectivity index (χ0) is 20.5. The lowest BCUT2D eigenvalue weighted by Gasteiger charge is -2.33. The lowest BCUT2D eigenvalue weighted by molar-refractivity contribution is 0.180. The topological polar surface area (TPSA) is 93.3 Å². The molecule has 0 unspecified atom stereocenters. The van der Waals surface area contributed by atoms with E-state index in [1.807, 2.05) is 0 Å². The summed E-state index contributed by atoms with van der Waals surface area (Å²) in [6.07, 6.45) is 2.89. The molecule has 2 aromatic rings. The summed E-state index contributed by atoms with van der Waals surface area (Å²) in [5.41, 5.74) is 0.632. The highest BCUT2D eigenvalue weighted by Crippen LogP contribution is 2.18. The second kappa shape index (κ2) is 7.76. The van der Waals surface area contributed by atoms with Crippen molar-refractivity contribution in [3.8, 4) is 0 Å². The molecule has 9 nitrogen and oxygen atoms in total. The molecule has 3 rings (SSSR count). The van der Waals surface area contributed by atoms with Crippen molar-refractivity contribution >= 4 is 10.0 Å². The van der Waals surface area contributed by atoms with Crippen molar-refractivity contribution < 1.29 is 8.42 Å². The number of rotatable bonds is 5. The quantitative estimate of drug-likeness (QED) is 0.706. The van der Waals surface area contributed by atoms with E-state index in [0.29, 0.717) is 39.3 Å². The van der Waals surface area contributed by atoms with Gasteiger partial charge in [-0.1, -0.05) is 20.8 Å². The number of piperazine rings is 1. The predicted octanol–water partition coefficient (Wildman–Crippen LogP) is 0.281. The van der Waals surface area contributed by atoms with Crippen LogP contribution in [0.1, 0.15) is 26.5 Å². The Kier molecular flexibility index (Phi) is 5.74. The molecule has 154 valence electrons. The smallest absolute Gasteiger partial charge is 0.266 e. The van der Waals surface area contributed by atoms with E-state index in [0.717, 1.165) is 5.69 Å². The molecule has 10 heteroatoms. The molecule has 0 aliphatic carbocycles. The van der Waals surface area contributed by atoms with Crippen LogP contribution in [0.25, 0.3) is 0 Å². The molecule has 0 spiro atoms. The fraction of sp³-hybridized carbons (Fsp3) is 0.611. The average Bonchev–Trinajstić information content (AvgIpc) is 3.08. The first-order valence-electron chi connectivity index (χ1n) is 9.37. The molecular formula is C18H28N6O3S. The van der Waals surface area contributed by atoms with Gasteiger partial charge in [-0.25, -0.2) is 13.1 Å². The molecule has 0 radical (unpaired) electrons. The highest BCUT2D eigenvalue weighted by Gasteiger charge is 2.29. The first-order chi connectivity index (χ1) is 13.1. The van der Waals surface area contributed by atoms with Crippen molar-refractivity contribution in [3.63, 3.8) is 0 Å². The van der Waals surface area contributed by atoms with Crippen LogP contribution in [-0.4, -0.2) is 69.9 Å². The van der Waals surface area contributed by atoms with Crippen LogP contribution in [0.4, 0.5) is 0 Å². The monoisotopic (exact) mass is 408 g/mol. The number of sulfonamides is 1. The molecule has 2 aromatic heterocycles. The summed E-state index contributed by atoms with van der Waals surface area (Å²) in [5, 5.41) is 8.44. The van der Waals surface area contributed by atoms with Gasteiger partial charge >= 0.3 is 0 Å². The van der Waals surface area contributed by atoms with Crippen LogP contribution >= 0.6 is 0 Å². The molecule has 0 atom stereocenters. The molecular weight excluding hydrogens is 380 g/mol. The van der Waals surface area contributed by atoms with Crippen molar-refractivity contribution in [3.05, 3.63) is 40.6 Å². The molecule has 1 fully saturated rings. The Balaban J connectivity index is 1.59. The van der Waals surface area contributed by atoms with E-state index in [9.17, 15) is 13.2 Å². The minimum atomic E-state index is -3.50. The fourth-order valence-corrected chi connectivity index (χ4v) is 4.53. The molecule has 0 N–H and O–H groups in total. The Labute approximate surface area is 165 Å². The van der Waals surface area contributed by atoms with Gasteiger partial charge in [-0.05, 0) is 6.07 Å². The van der Waals surface area contributed by atoms with Gasteiger partial charge < -0.3 is 0 Å². The lowest BCUT2D eigenvalue weighted by Crippen LogP contribution is -2.49. The normalized spacial score (nSPS) is 17.1. The molecule has 0 aromatic carbocycles.